The second-order valence-electron chi connectivity index (χ2n) is 7.77. The van der Waals surface area contributed by atoms with Gasteiger partial charge in [-0.05, 0) is 42.2 Å². The molecule has 0 aromatic heterocycles. The predicted octanol–water partition coefficient (Wildman–Crippen LogP) is 3.20. The highest BCUT2D eigenvalue weighted by molar-refractivity contribution is 6.09. The van der Waals surface area contributed by atoms with Crippen LogP contribution in [0.3, 0.4) is 0 Å². The van der Waals surface area contributed by atoms with Crippen LogP contribution in [-0.4, -0.2) is 28.8 Å². The molecule has 1 spiro atoms. The van der Waals surface area contributed by atoms with E-state index in [0.29, 0.717) is 5.56 Å². The Morgan fingerprint density at radius 1 is 1.11 bits per heavy atom. The summed E-state index contributed by atoms with van der Waals surface area (Å²) in [5, 5.41) is 29.8. The van der Waals surface area contributed by atoms with Gasteiger partial charge in [0.15, 0.2) is 0 Å². The predicted molar refractivity (Wildman–Crippen MR) is 106 cm³/mol. The average molecular weight is 376 g/mol. The van der Waals surface area contributed by atoms with Gasteiger partial charge in [-0.25, -0.2) is 0 Å². The van der Waals surface area contributed by atoms with Gasteiger partial charge in [-0.15, -0.1) is 0 Å². The van der Waals surface area contributed by atoms with Crippen LogP contribution >= 0.6 is 0 Å². The fourth-order valence-corrected chi connectivity index (χ4v) is 4.86. The summed E-state index contributed by atoms with van der Waals surface area (Å²) in [4.78, 5) is 15.5. The van der Waals surface area contributed by atoms with Crippen LogP contribution in [0.5, 0.6) is 0 Å². The van der Waals surface area contributed by atoms with Crippen LogP contribution in [0.15, 0.2) is 48.5 Å². The van der Waals surface area contributed by atoms with Crippen molar-refractivity contribution in [2.45, 2.75) is 49.7 Å². The summed E-state index contributed by atoms with van der Waals surface area (Å²) in [6.07, 6.45) is 3.43. The minimum absolute atomic E-state index is 0.0290. The van der Waals surface area contributed by atoms with E-state index >= 15 is 0 Å². The first-order valence-electron chi connectivity index (χ1n) is 9.84. The van der Waals surface area contributed by atoms with E-state index in [4.69, 9.17) is 0 Å². The lowest BCUT2D eigenvalue weighted by Gasteiger charge is -2.36. The summed E-state index contributed by atoms with van der Waals surface area (Å²) < 4.78 is 0. The Labute approximate surface area is 164 Å². The summed E-state index contributed by atoms with van der Waals surface area (Å²) in [7, 11) is 0. The van der Waals surface area contributed by atoms with Crippen molar-refractivity contribution in [3.8, 4) is 6.07 Å². The average Bonchev–Trinajstić information content (AvgIpc) is 2.97. The van der Waals surface area contributed by atoms with Crippen LogP contribution < -0.4 is 4.90 Å². The largest absolute Gasteiger partial charge is 0.394 e. The lowest BCUT2D eigenvalue weighted by molar-refractivity contribution is -0.125. The molecule has 0 bridgehead atoms. The first-order chi connectivity index (χ1) is 13.6. The van der Waals surface area contributed by atoms with Crippen molar-refractivity contribution in [2.75, 3.05) is 11.5 Å². The maximum absolute atomic E-state index is 13.8. The molecule has 28 heavy (non-hydrogen) atoms. The standard InChI is InChI=1S/C23H24N2O3/c24-14-16-9-10-19-18(13-16)23(11-5-2-6-12-23)22(28)25(19)21(20(27)15-26)17-7-3-1-4-8-17/h1,3-4,7-10,13,20-21,26-27H,2,5-6,11-12,15H2. The van der Waals surface area contributed by atoms with Gasteiger partial charge in [-0.3, -0.25) is 4.79 Å². The van der Waals surface area contributed by atoms with E-state index in [-0.39, 0.29) is 5.91 Å². The van der Waals surface area contributed by atoms with Crippen molar-refractivity contribution in [3.05, 3.63) is 65.2 Å². The number of benzene rings is 2. The molecule has 0 radical (unpaired) electrons. The number of hydrogen-bond acceptors (Lipinski definition) is 4. The number of carbonyl (C=O) groups excluding carboxylic acids is 1. The van der Waals surface area contributed by atoms with Crippen LogP contribution in [0.4, 0.5) is 5.69 Å². The number of nitrogens with zero attached hydrogens (tertiary/aromatic N) is 2. The van der Waals surface area contributed by atoms with E-state index in [9.17, 15) is 20.3 Å². The second-order valence-corrected chi connectivity index (χ2v) is 7.77. The zero-order chi connectivity index (χ0) is 19.7. The third-order valence-corrected chi connectivity index (χ3v) is 6.21. The highest BCUT2D eigenvalue weighted by Gasteiger charge is 2.53. The molecule has 2 aromatic carbocycles. The van der Waals surface area contributed by atoms with Crippen molar-refractivity contribution >= 4 is 11.6 Å². The number of hydrogen-bond donors (Lipinski definition) is 2. The molecule has 5 heteroatoms. The maximum Gasteiger partial charge on any atom is 0.238 e. The monoisotopic (exact) mass is 376 g/mol. The lowest BCUT2D eigenvalue weighted by atomic mass is 9.70. The van der Waals surface area contributed by atoms with Gasteiger partial charge in [-0.1, -0.05) is 49.6 Å². The SMILES string of the molecule is N#Cc1ccc2c(c1)C1(CCCCC1)C(=O)N2C(c1ccccc1)C(O)CO. The fourth-order valence-electron chi connectivity index (χ4n) is 4.86. The molecule has 1 aliphatic carbocycles. The van der Waals surface area contributed by atoms with Crippen molar-refractivity contribution < 1.29 is 15.0 Å². The van der Waals surface area contributed by atoms with E-state index in [2.05, 4.69) is 6.07 Å². The van der Waals surface area contributed by atoms with Gasteiger partial charge in [0.25, 0.3) is 0 Å². The van der Waals surface area contributed by atoms with Crippen molar-refractivity contribution in [2.24, 2.45) is 0 Å². The Hall–Kier alpha value is -2.68. The summed E-state index contributed by atoms with van der Waals surface area (Å²) >= 11 is 0. The Balaban J connectivity index is 1.90. The van der Waals surface area contributed by atoms with E-state index in [1.807, 2.05) is 42.5 Å². The van der Waals surface area contributed by atoms with Crippen LogP contribution in [-0.2, 0) is 10.2 Å². The fraction of sp³-hybridized carbons (Fsp3) is 0.391. The van der Waals surface area contributed by atoms with Gasteiger partial charge in [0.1, 0.15) is 6.10 Å². The molecule has 2 N–H and O–H groups in total. The molecule has 0 saturated heterocycles. The quantitative estimate of drug-likeness (QED) is 0.858. The molecule has 5 nitrogen and oxygen atoms in total. The van der Waals surface area contributed by atoms with Gasteiger partial charge in [0.05, 0.1) is 29.7 Å². The number of amides is 1. The molecule has 2 unspecified atom stereocenters. The number of aliphatic hydroxyl groups excluding tert-OH is 2. The molecule has 1 heterocycles. The summed E-state index contributed by atoms with van der Waals surface area (Å²) in [6, 6.07) is 16.2. The van der Waals surface area contributed by atoms with Gasteiger partial charge in [0, 0.05) is 5.69 Å². The summed E-state index contributed by atoms with van der Waals surface area (Å²) in [5.41, 5.74) is 2.32. The molecule has 4 rings (SSSR count). The molecular formula is C23H24N2O3. The Morgan fingerprint density at radius 2 is 1.82 bits per heavy atom. The summed E-state index contributed by atoms with van der Waals surface area (Å²) in [5.74, 6) is -0.0290. The summed E-state index contributed by atoms with van der Waals surface area (Å²) in [6.45, 7) is -0.443. The van der Waals surface area contributed by atoms with Gasteiger partial charge >= 0.3 is 0 Å². The molecule has 1 fully saturated rings. The Bertz CT molecular complexity index is 913. The number of aliphatic hydroxyl groups is 2. The Morgan fingerprint density at radius 3 is 2.46 bits per heavy atom. The van der Waals surface area contributed by atoms with Crippen LogP contribution in [0.2, 0.25) is 0 Å². The van der Waals surface area contributed by atoms with Gasteiger partial charge in [0.2, 0.25) is 5.91 Å². The molecule has 1 saturated carbocycles. The topological polar surface area (TPSA) is 84.6 Å². The Kier molecular flexibility index (Phi) is 4.92. The normalized spacial score (nSPS) is 19.9. The van der Waals surface area contributed by atoms with E-state index in [1.165, 1.54) is 0 Å². The first-order valence-corrected chi connectivity index (χ1v) is 9.84. The van der Waals surface area contributed by atoms with Gasteiger partial charge < -0.3 is 15.1 Å². The van der Waals surface area contributed by atoms with E-state index in [0.717, 1.165) is 48.9 Å². The second kappa shape index (κ2) is 7.38. The minimum atomic E-state index is -1.10. The zero-order valence-electron chi connectivity index (χ0n) is 15.7. The third kappa shape index (κ3) is 2.81. The smallest absolute Gasteiger partial charge is 0.238 e. The molecule has 1 aliphatic heterocycles. The van der Waals surface area contributed by atoms with Crippen molar-refractivity contribution in [3.63, 3.8) is 0 Å². The number of anilines is 1. The van der Waals surface area contributed by atoms with Gasteiger partial charge in [-0.2, -0.15) is 5.26 Å². The van der Waals surface area contributed by atoms with Crippen molar-refractivity contribution in [1.82, 2.24) is 0 Å². The van der Waals surface area contributed by atoms with E-state index < -0.39 is 24.2 Å². The van der Waals surface area contributed by atoms with E-state index in [1.54, 1.807) is 11.0 Å². The molecule has 2 atom stereocenters. The number of carbonyl (C=O) groups is 1. The molecular weight excluding hydrogens is 352 g/mol. The third-order valence-electron chi connectivity index (χ3n) is 6.21. The maximum atomic E-state index is 13.8. The molecule has 144 valence electrons. The first kappa shape index (κ1) is 18.7. The minimum Gasteiger partial charge on any atom is -0.394 e. The highest BCUT2D eigenvalue weighted by Crippen LogP contribution is 2.53. The number of rotatable bonds is 4. The number of fused-ring (bicyclic) bond motifs is 2. The molecule has 2 aromatic rings. The van der Waals surface area contributed by atoms with Crippen LogP contribution in [0.1, 0.15) is 54.8 Å². The zero-order valence-corrected chi connectivity index (χ0v) is 15.7. The van der Waals surface area contributed by atoms with Crippen LogP contribution in [0.25, 0.3) is 0 Å². The molecule has 2 aliphatic rings. The number of nitriles is 1. The molecule has 1 amide bonds. The van der Waals surface area contributed by atoms with Crippen molar-refractivity contribution in [1.29, 1.82) is 5.26 Å². The van der Waals surface area contributed by atoms with Crippen LogP contribution in [0, 0.1) is 11.3 Å². The lowest BCUT2D eigenvalue weighted by Crippen LogP contribution is -2.46. The highest BCUT2D eigenvalue weighted by atomic mass is 16.3.